The van der Waals surface area contributed by atoms with Crippen LogP contribution in [0.2, 0.25) is 0 Å². The second-order valence-corrected chi connectivity index (χ2v) is 12.9. The monoisotopic (exact) mass is 625 g/mol. The van der Waals surface area contributed by atoms with E-state index >= 15 is 0 Å². The van der Waals surface area contributed by atoms with Gasteiger partial charge < -0.3 is 13.4 Å². The van der Waals surface area contributed by atoms with E-state index in [1.54, 1.807) is 6.26 Å². The Morgan fingerprint density at radius 3 is 1.67 bits per heavy atom. The number of rotatable bonds is 3. The van der Waals surface area contributed by atoms with Gasteiger partial charge in [-0.25, -0.2) is 0 Å². The molecule has 3 nitrogen and oxygen atoms in total. The summed E-state index contributed by atoms with van der Waals surface area (Å²) in [5.74, 6) is 0. The van der Waals surface area contributed by atoms with Crippen molar-refractivity contribution in [2.75, 3.05) is 0 Å². The lowest BCUT2D eigenvalue weighted by molar-refractivity contribution is 0.600. The molecular formula is C46H27NO2. The Kier molecular flexibility index (Phi) is 5.38. The van der Waals surface area contributed by atoms with E-state index in [-0.39, 0.29) is 0 Å². The van der Waals surface area contributed by atoms with Crippen LogP contribution in [-0.4, -0.2) is 4.57 Å². The van der Waals surface area contributed by atoms with Gasteiger partial charge in [-0.2, -0.15) is 0 Å². The maximum absolute atomic E-state index is 6.52. The van der Waals surface area contributed by atoms with E-state index in [1.807, 2.05) is 6.07 Å². The molecule has 0 aliphatic rings. The maximum atomic E-state index is 6.52. The summed E-state index contributed by atoms with van der Waals surface area (Å²) in [4.78, 5) is 0. The number of benzene rings is 8. The molecule has 49 heavy (non-hydrogen) atoms. The molecule has 0 bridgehead atoms. The van der Waals surface area contributed by atoms with Crippen LogP contribution in [0.25, 0.3) is 104 Å². The third kappa shape index (κ3) is 3.73. The van der Waals surface area contributed by atoms with Crippen LogP contribution in [0, 0.1) is 0 Å². The number of furan rings is 2. The highest BCUT2D eigenvalue weighted by molar-refractivity contribution is 6.23. The summed E-state index contributed by atoms with van der Waals surface area (Å²) in [5, 5.41) is 10.6. The average Bonchev–Trinajstić information content (AvgIpc) is 3.87. The molecule has 0 unspecified atom stereocenters. The number of hydrogen-bond acceptors (Lipinski definition) is 2. The van der Waals surface area contributed by atoms with Gasteiger partial charge >= 0.3 is 0 Å². The highest BCUT2D eigenvalue weighted by Crippen LogP contribution is 2.46. The number of hydrogen-bond donors (Lipinski definition) is 0. The Morgan fingerprint density at radius 1 is 0.388 bits per heavy atom. The van der Waals surface area contributed by atoms with Gasteiger partial charge in [-0.05, 0) is 92.3 Å². The largest absolute Gasteiger partial charge is 0.460 e. The van der Waals surface area contributed by atoms with Crippen molar-refractivity contribution in [3.63, 3.8) is 0 Å². The van der Waals surface area contributed by atoms with Crippen molar-refractivity contribution in [3.8, 4) is 27.9 Å². The van der Waals surface area contributed by atoms with Crippen molar-refractivity contribution >= 4 is 76.3 Å². The number of aromatic nitrogens is 1. The van der Waals surface area contributed by atoms with Gasteiger partial charge in [0.15, 0.2) is 11.2 Å². The van der Waals surface area contributed by atoms with E-state index in [1.165, 1.54) is 60.0 Å². The van der Waals surface area contributed by atoms with Crippen LogP contribution in [0.5, 0.6) is 0 Å². The lowest BCUT2D eigenvalue weighted by atomic mass is 9.85. The predicted octanol–water partition coefficient (Wildman–Crippen LogP) is 13.1. The standard InChI is InChI=1S/C46H27NO2/c1-2-10-31(11-3-1)47-40-17-9-8-12-32(40)33-21-19-29(26-41(33)47)43-35-13-4-6-15-37(35)44(38-16-7-5-14-36(38)43)30-20-22-34-39-23-18-28-24-25-48-45(28)46(39)49-42(34)27-30/h1-27H. The lowest BCUT2D eigenvalue weighted by Gasteiger charge is -2.18. The highest BCUT2D eigenvalue weighted by atomic mass is 16.4. The van der Waals surface area contributed by atoms with E-state index in [2.05, 4.69) is 156 Å². The van der Waals surface area contributed by atoms with E-state index in [4.69, 9.17) is 8.83 Å². The summed E-state index contributed by atoms with van der Waals surface area (Å²) in [6, 6.07) is 56.9. The zero-order chi connectivity index (χ0) is 32.1. The van der Waals surface area contributed by atoms with Gasteiger partial charge in [0.1, 0.15) is 5.58 Å². The van der Waals surface area contributed by atoms with Gasteiger partial charge in [-0.15, -0.1) is 0 Å². The summed E-state index contributed by atoms with van der Waals surface area (Å²) in [5.41, 5.74) is 10.8. The van der Waals surface area contributed by atoms with Crippen LogP contribution in [0.1, 0.15) is 0 Å². The summed E-state index contributed by atoms with van der Waals surface area (Å²) >= 11 is 0. The summed E-state index contributed by atoms with van der Waals surface area (Å²) < 4.78 is 14.7. The minimum atomic E-state index is 0.791. The van der Waals surface area contributed by atoms with Gasteiger partial charge in [-0.3, -0.25) is 0 Å². The Morgan fingerprint density at radius 2 is 0.959 bits per heavy atom. The number of para-hydroxylation sites is 2. The van der Waals surface area contributed by atoms with Crippen LogP contribution in [0.4, 0.5) is 0 Å². The fraction of sp³-hybridized carbons (Fsp3) is 0. The molecule has 3 aromatic heterocycles. The molecule has 0 saturated heterocycles. The molecule has 0 radical (unpaired) electrons. The minimum absolute atomic E-state index is 0.791. The fourth-order valence-corrected chi connectivity index (χ4v) is 8.15. The molecule has 228 valence electrons. The first-order chi connectivity index (χ1) is 24.3. The second kappa shape index (κ2) is 9.96. The van der Waals surface area contributed by atoms with Crippen molar-refractivity contribution in [1.82, 2.24) is 4.57 Å². The molecular weight excluding hydrogens is 599 g/mol. The van der Waals surface area contributed by atoms with E-state index in [0.717, 1.165) is 44.2 Å². The Balaban J connectivity index is 1.19. The van der Waals surface area contributed by atoms with Crippen molar-refractivity contribution in [1.29, 1.82) is 0 Å². The third-order valence-corrected chi connectivity index (χ3v) is 10.3. The van der Waals surface area contributed by atoms with E-state index < -0.39 is 0 Å². The molecule has 0 saturated carbocycles. The SMILES string of the molecule is c1ccc(-n2c3ccccc3c3ccc(-c4c5ccccc5c(-c5ccc6c(c5)oc5c6ccc6ccoc65)c5ccccc45)cc32)cc1. The average molecular weight is 626 g/mol. The van der Waals surface area contributed by atoms with Crippen molar-refractivity contribution < 1.29 is 8.83 Å². The molecule has 11 rings (SSSR count). The summed E-state index contributed by atoms with van der Waals surface area (Å²) in [6.45, 7) is 0. The summed E-state index contributed by atoms with van der Waals surface area (Å²) in [7, 11) is 0. The van der Waals surface area contributed by atoms with Gasteiger partial charge in [0.25, 0.3) is 0 Å². The first-order valence-electron chi connectivity index (χ1n) is 16.7. The zero-order valence-corrected chi connectivity index (χ0v) is 26.4. The van der Waals surface area contributed by atoms with Crippen LogP contribution < -0.4 is 0 Å². The molecule has 11 aromatic rings. The van der Waals surface area contributed by atoms with Crippen molar-refractivity contribution in [2.45, 2.75) is 0 Å². The molecule has 0 aliphatic heterocycles. The van der Waals surface area contributed by atoms with Gasteiger partial charge in [0.2, 0.25) is 0 Å². The number of fused-ring (bicyclic) bond motifs is 10. The Bertz CT molecular complexity index is 3050. The van der Waals surface area contributed by atoms with Crippen LogP contribution in [0.3, 0.4) is 0 Å². The molecule has 8 aromatic carbocycles. The van der Waals surface area contributed by atoms with Crippen LogP contribution in [0.15, 0.2) is 173 Å². The third-order valence-electron chi connectivity index (χ3n) is 10.3. The quantitative estimate of drug-likeness (QED) is 0.183. The van der Waals surface area contributed by atoms with Gasteiger partial charge in [0.05, 0.1) is 17.3 Å². The second-order valence-electron chi connectivity index (χ2n) is 12.9. The Labute approximate surface area is 280 Å². The molecule has 0 fully saturated rings. The normalized spacial score (nSPS) is 12.1. The van der Waals surface area contributed by atoms with E-state index in [0.29, 0.717) is 0 Å². The maximum Gasteiger partial charge on any atom is 0.178 e. The molecule has 0 atom stereocenters. The van der Waals surface area contributed by atoms with Gasteiger partial charge in [0, 0.05) is 32.6 Å². The molecule has 0 N–H and O–H groups in total. The first-order valence-corrected chi connectivity index (χ1v) is 16.7. The molecule has 3 heteroatoms. The first kappa shape index (κ1) is 26.5. The topological polar surface area (TPSA) is 31.2 Å². The highest BCUT2D eigenvalue weighted by Gasteiger charge is 2.20. The molecule has 0 aliphatic carbocycles. The minimum Gasteiger partial charge on any atom is -0.460 e. The van der Waals surface area contributed by atoms with Crippen molar-refractivity contribution in [3.05, 3.63) is 164 Å². The summed E-state index contributed by atoms with van der Waals surface area (Å²) in [6.07, 6.45) is 1.72. The van der Waals surface area contributed by atoms with Gasteiger partial charge in [-0.1, -0.05) is 109 Å². The molecule has 0 amide bonds. The molecule has 3 heterocycles. The lowest BCUT2D eigenvalue weighted by Crippen LogP contribution is -1.94. The molecule has 0 spiro atoms. The van der Waals surface area contributed by atoms with Crippen LogP contribution >= 0.6 is 0 Å². The van der Waals surface area contributed by atoms with Crippen LogP contribution in [-0.2, 0) is 0 Å². The zero-order valence-electron chi connectivity index (χ0n) is 26.4. The fourth-order valence-electron chi connectivity index (χ4n) is 8.15. The smallest absolute Gasteiger partial charge is 0.178 e. The number of nitrogens with zero attached hydrogens (tertiary/aromatic N) is 1. The Hall–Kier alpha value is -6.58. The predicted molar refractivity (Wildman–Crippen MR) is 204 cm³/mol. The van der Waals surface area contributed by atoms with Crippen molar-refractivity contribution in [2.24, 2.45) is 0 Å². The van der Waals surface area contributed by atoms with E-state index in [9.17, 15) is 0 Å².